The van der Waals surface area contributed by atoms with E-state index >= 15 is 0 Å². The van der Waals surface area contributed by atoms with Crippen molar-refractivity contribution in [3.63, 3.8) is 0 Å². The van der Waals surface area contributed by atoms with Crippen LogP contribution in [0.2, 0.25) is 0 Å². The largest absolute Gasteiger partial charge is 0.385 e. The lowest BCUT2D eigenvalue weighted by atomic mass is 10.0. The molecule has 0 radical (unpaired) electrons. The highest BCUT2D eigenvalue weighted by atomic mass is 32.2. The monoisotopic (exact) mass is 221 g/mol. The number of nitrogens with one attached hydrogen (secondary N) is 1. The van der Waals surface area contributed by atoms with E-state index in [1.54, 1.807) is 0 Å². The second kappa shape index (κ2) is 4.93. The highest BCUT2D eigenvalue weighted by Gasteiger charge is 2.08. The standard InChI is InChI=1S/C13H19NS/c1-10(2)15-9-11-5-6-13-12(8-11)4-3-7-14-13/h5-6,8,10,14H,3-4,7,9H2,1-2H3. The van der Waals surface area contributed by atoms with Crippen LogP contribution >= 0.6 is 11.8 Å². The van der Waals surface area contributed by atoms with Crippen molar-refractivity contribution in [1.29, 1.82) is 0 Å². The van der Waals surface area contributed by atoms with Gasteiger partial charge in [-0.25, -0.2) is 0 Å². The van der Waals surface area contributed by atoms with E-state index in [0.29, 0.717) is 0 Å². The second-order valence-electron chi connectivity index (χ2n) is 4.38. The van der Waals surface area contributed by atoms with Crippen LogP contribution in [0.1, 0.15) is 31.4 Å². The van der Waals surface area contributed by atoms with E-state index in [9.17, 15) is 0 Å². The van der Waals surface area contributed by atoms with Gasteiger partial charge in [-0.15, -0.1) is 0 Å². The average molecular weight is 221 g/mol. The third-order valence-electron chi connectivity index (χ3n) is 2.69. The zero-order valence-electron chi connectivity index (χ0n) is 9.55. The van der Waals surface area contributed by atoms with Gasteiger partial charge in [0, 0.05) is 18.0 Å². The molecule has 82 valence electrons. The molecule has 0 aromatic heterocycles. The summed E-state index contributed by atoms with van der Waals surface area (Å²) in [6.45, 7) is 5.64. The fourth-order valence-electron chi connectivity index (χ4n) is 1.88. The fraction of sp³-hybridized carbons (Fsp3) is 0.538. The SMILES string of the molecule is CC(C)SCc1ccc2c(c1)CCCN2. The van der Waals surface area contributed by atoms with Gasteiger partial charge in [0.2, 0.25) is 0 Å². The average Bonchev–Trinajstić information content (AvgIpc) is 2.26. The molecule has 1 aromatic carbocycles. The van der Waals surface area contributed by atoms with Gasteiger partial charge in [-0.3, -0.25) is 0 Å². The maximum Gasteiger partial charge on any atom is 0.0372 e. The van der Waals surface area contributed by atoms with Crippen LogP contribution in [0.3, 0.4) is 0 Å². The van der Waals surface area contributed by atoms with E-state index in [-0.39, 0.29) is 0 Å². The van der Waals surface area contributed by atoms with Gasteiger partial charge in [0.1, 0.15) is 0 Å². The van der Waals surface area contributed by atoms with E-state index in [1.165, 1.54) is 29.7 Å². The molecule has 0 atom stereocenters. The minimum absolute atomic E-state index is 0.721. The molecule has 2 heteroatoms. The quantitative estimate of drug-likeness (QED) is 0.835. The van der Waals surface area contributed by atoms with Crippen molar-refractivity contribution in [2.45, 2.75) is 37.7 Å². The maximum atomic E-state index is 3.45. The Labute approximate surface area is 96.7 Å². The van der Waals surface area contributed by atoms with Crippen molar-refractivity contribution in [3.8, 4) is 0 Å². The number of fused-ring (bicyclic) bond motifs is 1. The molecule has 1 aromatic rings. The van der Waals surface area contributed by atoms with Crippen LogP contribution < -0.4 is 5.32 Å². The number of anilines is 1. The first-order valence-corrected chi connectivity index (χ1v) is 6.78. The van der Waals surface area contributed by atoms with Crippen molar-refractivity contribution < 1.29 is 0 Å². The number of hydrogen-bond acceptors (Lipinski definition) is 2. The molecule has 15 heavy (non-hydrogen) atoms. The molecule has 0 spiro atoms. The topological polar surface area (TPSA) is 12.0 Å². The summed E-state index contributed by atoms with van der Waals surface area (Å²) in [4.78, 5) is 0. The summed E-state index contributed by atoms with van der Waals surface area (Å²) in [6, 6.07) is 6.87. The molecular formula is C13H19NS. The van der Waals surface area contributed by atoms with Crippen molar-refractivity contribution in [1.82, 2.24) is 0 Å². The third-order valence-corrected chi connectivity index (χ3v) is 3.86. The highest BCUT2D eigenvalue weighted by Crippen LogP contribution is 2.25. The van der Waals surface area contributed by atoms with E-state index in [4.69, 9.17) is 0 Å². The maximum absolute atomic E-state index is 3.45. The zero-order valence-corrected chi connectivity index (χ0v) is 10.4. The zero-order chi connectivity index (χ0) is 10.7. The fourth-order valence-corrected chi connectivity index (χ4v) is 2.59. The molecule has 0 saturated carbocycles. The summed E-state index contributed by atoms with van der Waals surface area (Å²) in [6.07, 6.45) is 2.51. The molecule has 1 aliphatic rings. The van der Waals surface area contributed by atoms with E-state index in [1.807, 2.05) is 11.8 Å². The molecule has 0 fully saturated rings. The number of rotatable bonds is 3. The summed E-state index contributed by atoms with van der Waals surface area (Å²) in [5, 5.41) is 4.17. The lowest BCUT2D eigenvalue weighted by molar-refractivity contribution is 0.829. The highest BCUT2D eigenvalue weighted by molar-refractivity contribution is 7.99. The predicted octanol–water partition coefficient (Wildman–Crippen LogP) is 3.69. The van der Waals surface area contributed by atoms with E-state index in [2.05, 4.69) is 37.4 Å². The molecule has 0 amide bonds. The summed E-state index contributed by atoms with van der Waals surface area (Å²) < 4.78 is 0. The molecule has 1 heterocycles. The summed E-state index contributed by atoms with van der Waals surface area (Å²) in [7, 11) is 0. The van der Waals surface area contributed by atoms with Gasteiger partial charge >= 0.3 is 0 Å². The van der Waals surface area contributed by atoms with Crippen LogP contribution in [0.4, 0.5) is 5.69 Å². The van der Waals surface area contributed by atoms with Crippen molar-refractivity contribution >= 4 is 17.4 Å². The Morgan fingerprint density at radius 3 is 3.07 bits per heavy atom. The first-order chi connectivity index (χ1) is 7.25. The molecule has 1 N–H and O–H groups in total. The van der Waals surface area contributed by atoms with Crippen molar-refractivity contribution in [2.75, 3.05) is 11.9 Å². The summed E-state index contributed by atoms with van der Waals surface area (Å²) >= 11 is 2.01. The van der Waals surface area contributed by atoms with Crippen LogP contribution in [-0.2, 0) is 12.2 Å². The number of benzene rings is 1. The number of hydrogen-bond donors (Lipinski definition) is 1. The molecule has 0 unspecified atom stereocenters. The molecule has 0 saturated heterocycles. The van der Waals surface area contributed by atoms with Gasteiger partial charge in [-0.1, -0.05) is 26.0 Å². The second-order valence-corrected chi connectivity index (χ2v) is 5.95. The molecular weight excluding hydrogens is 202 g/mol. The minimum atomic E-state index is 0.721. The van der Waals surface area contributed by atoms with E-state index < -0.39 is 0 Å². The van der Waals surface area contributed by atoms with E-state index in [0.717, 1.165) is 17.5 Å². The lowest BCUT2D eigenvalue weighted by Gasteiger charge is -2.18. The Morgan fingerprint density at radius 1 is 1.40 bits per heavy atom. The molecule has 2 rings (SSSR count). The van der Waals surface area contributed by atoms with Gasteiger partial charge in [0.15, 0.2) is 0 Å². The Balaban J connectivity index is 2.07. The van der Waals surface area contributed by atoms with Crippen LogP contribution in [0.15, 0.2) is 18.2 Å². The predicted molar refractivity (Wildman–Crippen MR) is 69.7 cm³/mol. The van der Waals surface area contributed by atoms with Gasteiger partial charge in [-0.2, -0.15) is 11.8 Å². The van der Waals surface area contributed by atoms with Crippen LogP contribution in [0.5, 0.6) is 0 Å². The number of thioether (sulfide) groups is 1. The first kappa shape index (κ1) is 10.9. The molecule has 0 bridgehead atoms. The van der Waals surface area contributed by atoms with Crippen molar-refractivity contribution in [3.05, 3.63) is 29.3 Å². The van der Waals surface area contributed by atoms with Crippen LogP contribution in [0.25, 0.3) is 0 Å². The van der Waals surface area contributed by atoms with Crippen LogP contribution in [-0.4, -0.2) is 11.8 Å². The number of aryl methyl sites for hydroxylation is 1. The Bertz CT molecular complexity index is 333. The van der Waals surface area contributed by atoms with Crippen LogP contribution in [0, 0.1) is 0 Å². The lowest BCUT2D eigenvalue weighted by Crippen LogP contribution is -2.11. The third kappa shape index (κ3) is 2.91. The smallest absolute Gasteiger partial charge is 0.0372 e. The Morgan fingerprint density at radius 2 is 2.27 bits per heavy atom. The molecule has 1 nitrogen and oxygen atoms in total. The van der Waals surface area contributed by atoms with Gasteiger partial charge < -0.3 is 5.32 Å². The Hall–Kier alpha value is -0.630. The summed E-state index contributed by atoms with van der Waals surface area (Å²) in [5.74, 6) is 1.14. The molecule has 0 aliphatic carbocycles. The Kier molecular flexibility index (Phi) is 3.57. The first-order valence-electron chi connectivity index (χ1n) is 5.73. The molecule has 1 aliphatic heterocycles. The van der Waals surface area contributed by atoms with Gasteiger partial charge in [0.05, 0.1) is 0 Å². The van der Waals surface area contributed by atoms with Gasteiger partial charge in [0.25, 0.3) is 0 Å². The van der Waals surface area contributed by atoms with Gasteiger partial charge in [-0.05, 0) is 35.3 Å². The normalized spacial score (nSPS) is 14.9. The summed E-state index contributed by atoms with van der Waals surface area (Å²) in [5.41, 5.74) is 4.32. The van der Waals surface area contributed by atoms with Crippen molar-refractivity contribution in [2.24, 2.45) is 0 Å². The minimum Gasteiger partial charge on any atom is -0.385 e.